The maximum Gasteiger partial charge on any atom is 0.255 e. The van der Waals surface area contributed by atoms with Crippen molar-refractivity contribution >= 4 is 17.5 Å². The van der Waals surface area contributed by atoms with Crippen molar-refractivity contribution in [3.05, 3.63) is 59.7 Å². The largest absolute Gasteiger partial charge is 0.497 e. The Labute approximate surface area is 140 Å². The molecule has 0 aliphatic rings. The molecular formula is C18H20N2O4. The fourth-order valence-electron chi connectivity index (χ4n) is 2.04. The van der Waals surface area contributed by atoms with Gasteiger partial charge in [0.15, 0.2) is 0 Å². The minimum Gasteiger partial charge on any atom is -0.497 e. The molecule has 0 atom stereocenters. The van der Waals surface area contributed by atoms with Crippen LogP contribution in [0.4, 0.5) is 5.69 Å². The summed E-state index contributed by atoms with van der Waals surface area (Å²) in [5.41, 5.74) is 1.62. The summed E-state index contributed by atoms with van der Waals surface area (Å²) in [4.78, 5) is 24.1. The summed E-state index contributed by atoms with van der Waals surface area (Å²) in [7, 11) is 3.12. The number of benzene rings is 2. The van der Waals surface area contributed by atoms with Crippen LogP contribution in [0.2, 0.25) is 0 Å². The Bertz CT molecular complexity index is 698. The quantitative estimate of drug-likeness (QED) is 0.765. The summed E-state index contributed by atoms with van der Waals surface area (Å²) in [6.07, 6.45) is 0. The second-order valence-corrected chi connectivity index (χ2v) is 5.01. The zero-order valence-electron chi connectivity index (χ0n) is 13.7. The molecule has 0 aliphatic heterocycles. The maximum atomic E-state index is 12.2. The van der Waals surface area contributed by atoms with Gasteiger partial charge in [-0.3, -0.25) is 9.59 Å². The molecular weight excluding hydrogens is 308 g/mol. The highest BCUT2D eigenvalue weighted by molar-refractivity contribution is 6.04. The van der Waals surface area contributed by atoms with E-state index >= 15 is 0 Å². The van der Waals surface area contributed by atoms with Crippen LogP contribution in [0.1, 0.15) is 20.7 Å². The van der Waals surface area contributed by atoms with E-state index in [1.54, 1.807) is 62.8 Å². The number of methoxy groups -OCH3 is 2. The Hall–Kier alpha value is -2.86. The molecule has 0 aromatic heterocycles. The van der Waals surface area contributed by atoms with Gasteiger partial charge in [-0.2, -0.15) is 0 Å². The minimum absolute atomic E-state index is 0.183. The molecule has 0 aliphatic carbocycles. The van der Waals surface area contributed by atoms with Crippen LogP contribution in [0.5, 0.6) is 5.75 Å². The first-order valence-electron chi connectivity index (χ1n) is 7.46. The third-order valence-electron chi connectivity index (χ3n) is 3.33. The number of hydrogen-bond donors (Lipinski definition) is 2. The van der Waals surface area contributed by atoms with Crippen molar-refractivity contribution in [1.82, 2.24) is 5.32 Å². The molecule has 0 heterocycles. The van der Waals surface area contributed by atoms with E-state index in [0.29, 0.717) is 35.7 Å². The van der Waals surface area contributed by atoms with Crippen LogP contribution in [0.15, 0.2) is 48.5 Å². The van der Waals surface area contributed by atoms with Crippen molar-refractivity contribution in [2.24, 2.45) is 0 Å². The molecule has 0 saturated heterocycles. The van der Waals surface area contributed by atoms with Gasteiger partial charge in [0, 0.05) is 30.5 Å². The van der Waals surface area contributed by atoms with E-state index in [-0.39, 0.29) is 11.8 Å². The Balaban J connectivity index is 1.98. The van der Waals surface area contributed by atoms with E-state index in [4.69, 9.17) is 9.47 Å². The number of carbonyl (C=O) groups excluding carboxylic acids is 2. The first-order valence-corrected chi connectivity index (χ1v) is 7.46. The molecule has 2 amide bonds. The van der Waals surface area contributed by atoms with Crippen molar-refractivity contribution in [3.63, 3.8) is 0 Å². The van der Waals surface area contributed by atoms with Gasteiger partial charge in [-0.25, -0.2) is 0 Å². The summed E-state index contributed by atoms with van der Waals surface area (Å²) >= 11 is 0. The van der Waals surface area contributed by atoms with Crippen LogP contribution in [0, 0.1) is 0 Å². The van der Waals surface area contributed by atoms with Crippen molar-refractivity contribution < 1.29 is 19.1 Å². The van der Waals surface area contributed by atoms with Crippen LogP contribution in [-0.4, -0.2) is 39.2 Å². The van der Waals surface area contributed by atoms with Gasteiger partial charge < -0.3 is 20.1 Å². The van der Waals surface area contributed by atoms with Crippen molar-refractivity contribution in [1.29, 1.82) is 0 Å². The number of rotatable bonds is 7. The minimum atomic E-state index is -0.244. The first-order chi connectivity index (χ1) is 11.6. The maximum absolute atomic E-state index is 12.2. The van der Waals surface area contributed by atoms with Gasteiger partial charge in [-0.1, -0.05) is 6.07 Å². The third-order valence-corrected chi connectivity index (χ3v) is 3.33. The second-order valence-electron chi connectivity index (χ2n) is 5.01. The van der Waals surface area contributed by atoms with Crippen molar-refractivity contribution in [2.75, 3.05) is 32.7 Å². The van der Waals surface area contributed by atoms with Gasteiger partial charge >= 0.3 is 0 Å². The molecule has 2 aromatic rings. The van der Waals surface area contributed by atoms with Crippen LogP contribution >= 0.6 is 0 Å². The van der Waals surface area contributed by atoms with E-state index < -0.39 is 0 Å². The summed E-state index contributed by atoms with van der Waals surface area (Å²) in [6.45, 7) is 0.907. The van der Waals surface area contributed by atoms with Crippen molar-refractivity contribution in [2.45, 2.75) is 0 Å². The van der Waals surface area contributed by atoms with Crippen LogP contribution in [-0.2, 0) is 4.74 Å². The van der Waals surface area contributed by atoms with E-state index in [1.807, 2.05) is 0 Å². The molecule has 6 nitrogen and oxygen atoms in total. The molecule has 2 aromatic carbocycles. The number of ether oxygens (including phenoxy) is 2. The van der Waals surface area contributed by atoms with E-state index in [2.05, 4.69) is 10.6 Å². The monoisotopic (exact) mass is 328 g/mol. The summed E-state index contributed by atoms with van der Waals surface area (Å²) in [5.74, 6) is 0.189. The Morgan fingerprint density at radius 2 is 1.71 bits per heavy atom. The highest BCUT2D eigenvalue weighted by Gasteiger charge is 2.08. The van der Waals surface area contributed by atoms with E-state index in [9.17, 15) is 9.59 Å². The fraction of sp³-hybridized carbons (Fsp3) is 0.222. The van der Waals surface area contributed by atoms with Crippen LogP contribution < -0.4 is 15.4 Å². The summed E-state index contributed by atoms with van der Waals surface area (Å²) in [5, 5.41) is 5.52. The average molecular weight is 328 g/mol. The number of hydrogen-bond acceptors (Lipinski definition) is 4. The Kier molecular flexibility index (Phi) is 6.33. The third kappa shape index (κ3) is 4.82. The van der Waals surface area contributed by atoms with Gasteiger partial charge in [0.1, 0.15) is 5.75 Å². The molecule has 24 heavy (non-hydrogen) atoms. The lowest BCUT2D eigenvalue weighted by Crippen LogP contribution is -2.26. The first kappa shape index (κ1) is 17.5. The normalized spacial score (nSPS) is 10.1. The van der Waals surface area contributed by atoms with Gasteiger partial charge in [0.05, 0.1) is 13.7 Å². The predicted molar refractivity (Wildman–Crippen MR) is 91.6 cm³/mol. The summed E-state index contributed by atoms with van der Waals surface area (Å²) < 4.78 is 9.98. The molecule has 0 unspecified atom stereocenters. The molecule has 2 N–H and O–H groups in total. The van der Waals surface area contributed by atoms with Gasteiger partial charge in [0.2, 0.25) is 0 Å². The van der Waals surface area contributed by atoms with Gasteiger partial charge in [0.25, 0.3) is 11.8 Å². The van der Waals surface area contributed by atoms with E-state index in [1.165, 1.54) is 0 Å². The zero-order valence-corrected chi connectivity index (χ0v) is 13.7. The highest BCUT2D eigenvalue weighted by atomic mass is 16.5. The zero-order chi connectivity index (χ0) is 17.4. The molecule has 0 saturated carbocycles. The average Bonchev–Trinajstić information content (AvgIpc) is 2.62. The lowest BCUT2D eigenvalue weighted by Gasteiger charge is -2.08. The lowest BCUT2D eigenvalue weighted by molar-refractivity contribution is 0.0936. The molecule has 0 bridgehead atoms. The molecule has 0 fully saturated rings. The smallest absolute Gasteiger partial charge is 0.255 e. The number of nitrogens with one attached hydrogen (secondary N) is 2. The fourth-order valence-corrected chi connectivity index (χ4v) is 2.04. The van der Waals surface area contributed by atoms with Crippen LogP contribution in [0.3, 0.4) is 0 Å². The Morgan fingerprint density at radius 3 is 2.38 bits per heavy atom. The van der Waals surface area contributed by atoms with Gasteiger partial charge in [-0.05, 0) is 42.5 Å². The number of amides is 2. The molecule has 2 rings (SSSR count). The summed E-state index contributed by atoms with van der Waals surface area (Å²) in [6, 6.07) is 13.6. The molecule has 6 heteroatoms. The molecule has 0 spiro atoms. The molecule has 126 valence electrons. The number of anilines is 1. The standard InChI is InChI=1S/C18H20N2O4/c1-23-11-10-19-17(21)13-6-8-15(9-7-13)20-18(22)14-4-3-5-16(12-14)24-2/h3-9,12H,10-11H2,1-2H3,(H,19,21)(H,20,22). The SMILES string of the molecule is COCCNC(=O)c1ccc(NC(=O)c2cccc(OC)c2)cc1. The lowest BCUT2D eigenvalue weighted by atomic mass is 10.1. The number of carbonyl (C=O) groups is 2. The van der Waals surface area contributed by atoms with Crippen LogP contribution in [0.25, 0.3) is 0 Å². The Morgan fingerprint density at radius 1 is 0.958 bits per heavy atom. The predicted octanol–water partition coefficient (Wildman–Crippen LogP) is 2.32. The second kappa shape index (κ2) is 8.69. The molecule has 0 radical (unpaired) electrons. The topological polar surface area (TPSA) is 76.7 Å². The van der Waals surface area contributed by atoms with Crippen molar-refractivity contribution in [3.8, 4) is 5.75 Å². The van der Waals surface area contributed by atoms with Gasteiger partial charge in [-0.15, -0.1) is 0 Å². The van der Waals surface area contributed by atoms with E-state index in [0.717, 1.165) is 0 Å². The highest BCUT2D eigenvalue weighted by Crippen LogP contribution is 2.15.